The van der Waals surface area contributed by atoms with E-state index in [4.69, 9.17) is 9.84 Å². The Kier molecular flexibility index (Phi) is 4.20. The first kappa shape index (κ1) is 15.6. The lowest BCUT2D eigenvalue weighted by Gasteiger charge is -2.04. The fraction of sp³-hybridized carbons (Fsp3) is 0.0500. The van der Waals surface area contributed by atoms with Gasteiger partial charge >= 0.3 is 5.97 Å². The Bertz CT molecular complexity index is 924. The lowest BCUT2D eigenvalue weighted by Crippen LogP contribution is -1.96. The summed E-state index contributed by atoms with van der Waals surface area (Å²) in [6.07, 6.45) is 3.92. The molecule has 0 saturated carbocycles. The van der Waals surface area contributed by atoms with E-state index >= 15 is 0 Å². The Morgan fingerprint density at radius 1 is 0.917 bits per heavy atom. The van der Waals surface area contributed by atoms with Crippen molar-refractivity contribution >= 4 is 28.9 Å². The summed E-state index contributed by atoms with van der Waals surface area (Å²) < 4.78 is 5.13. The number of rotatable bonds is 4. The van der Waals surface area contributed by atoms with E-state index in [0.29, 0.717) is 0 Å². The van der Waals surface area contributed by atoms with Crippen molar-refractivity contribution in [1.29, 1.82) is 0 Å². The van der Waals surface area contributed by atoms with E-state index in [-0.39, 0.29) is 11.3 Å². The standard InChI is InChI=1S/C20H16O4/c1-24-17-8-5-13(6-9-17)2-3-14-4-7-15-12-19(21)18(20(22)23)11-16(15)10-14/h2-12,21H,1H3,(H,22,23)/b3-2+. The smallest absolute Gasteiger partial charge is 0.339 e. The minimum atomic E-state index is -1.14. The van der Waals surface area contributed by atoms with Gasteiger partial charge in [0.25, 0.3) is 0 Å². The summed E-state index contributed by atoms with van der Waals surface area (Å²) in [7, 11) is 1.63. The van der Waals surface area contributed by atoms with Gasteiger partial charge in [0.1, 0.15) is 17.1 Å². The molecule has 24 heavy (non-hydrogen) atoms. The maximum Gasteiger partial charge on any atom is 0.339 e. The van der Waals surface area contributed by atoms with Gasteiger partial charge in [0.2, 0.25) is 0 Å². The van der Waals surface area contributed by atoms with E-state index in [9.17, 15) is 9.90 Å². The zero-order valence-corrected chi connectivity index (χ0v) is 13.1. The van der Waals surface area contributed by atoms with Crippen molar-refractivity contribution in [3.63, 3.8) is 0 Å². The molecule has 4 nitrogen and oxygen atoms in total. The first-order valence-corrected chi connectivity index (χ1v) is 7.39. The second-order valence-corrected chi connectivity index (χ2v) is 5.39. The Labute approximate surface area is 139 Å². The second kappa shape index (κ2) is 6.46. The van der Waals surface area contributed by atoms with Gasteiger partial charge in [0, 0.05) is 0 Å². The fourth-order valence-electron chi connectivity index (χ4n) is 2.49. The van der Waals surface area contributed by atoms with Crippen LogP contribution in [0.25, 0.3) is 22.9 Å². The number of ether oxygens (including phenoxy) is 1. The third-order valence-electron chi connectivity index (χ3n) is 3.79. The maximum atomic E-state index is 11.1. The van der Waals surface area contributed by atoms with Gasteiger partial charge < -0.3 is 14.9 Å². The molecule has 0 aliphatic carbocycles. The number of carboxylic acid groups (broad SMARTS) is 1. The lowest BCUT2D eigenvalue weighted by atomic mass is 10.0. The van der Waals surface area contributed by atoms with Crippen LogP contribution in [-0.4, -0.2) is 23.3 Å². The van der Waals surface area contributed by atoms with Gasteiger partial charge in [-0.3, -0.25) is 0 Å². The quantitative estimate of drug-likeness (QED) is 0.698. The summed E-state index contributed by atoms with van der Waals surface area (Å²) >= 11 is 0. The van der Waals surface area contributed by atoms with E-state index in [1.807, 2.05) is 54.6 Å². The van der Waals surface area contributed by atoms with Crippen LogP contribution >= 0.6 is 0 Å². The molecule has 0 aliphatic rings. The topological polar surface area (TPSA) is 66.8 Å². The molecule has 3 rings (SSSR count). The molecule has 120 valence electrons. The first-order chi connectivity index (χ1) is 11.6. The number of hydrogen-bond acceptors (Lipinski definition) is 3. The summed E-state index contributed by atoms with van der Waals surface area (Å²) in [6.45, 7) is 0. The first-order valence-electron chi connectivity index (χ1n) is 7.39. The van der Waals surface area contributed by atoms with Crippen molar-refractivity contribution in [2.75, 3.05) is 7.11 Å². The molecule has 0 fully saturated rings. The predicted molar refractivity (Wildman–Crippen MR) is 94.5 cm³/mol. The van der Waals surface area contributed by atoms with Crippen LogP contribution in [0.2, 0.25) is 0 Å². The Hall–Kier alpha value is -3.27. The predicted octanol–water partition coefficient (Wildman–Crippen LogP) is 4.42. The van der Waals surface area contributed by atoms with Crippen LogP contribution in [-0.2, 0) is 0 Å². The van der Waals surface area contributed by atoms with Gasteiger partial charge in [-0.25, -0.2) is 4.79 Å². The zero-order valence-electron chi connectivity index (χ0n) is 13.1. The van der Waals surface area contributed by atoms with Crippen molar-refractivity contribution in [3.8, 4) is 11.5 Å². The normalized spacial score (nSPS) is 11.0. The minimum Gasteiger partial charge on any atom is -0.507 e. The number of methoxy groups -OCH3 is 1. The number of carbonyl (C=O) groups is 1. The molecule has 4 heteroatoms. The van der Waals surface area contributed by atoms with E-state index in [0.717, 1.165) is 27.6 Å². The van der Waals surface area contributed by atoms with Crippen LogP contribution in [0.5, 0.6) is 11.5 Å². The number of benzene rings is 3. The molecule has 0 aliphatic heterocycles. The Balaban J connectivity index is 1.93. The zero-order chi connectivity index (χ0) is 17.1. The SMILES string of the molecule is COc1ccc(/C=C/c2ccc3cc(O)c(C(=O)O)cc3c2)cc1. The van der Waals surface area contributed by atoms with Crippen LogP contribution in [0.15, 0.2) is 54.6 Å². The van der Waals surface area contributed by atoms with Crippen molar-refractivity contribution in [2.24, 2.45) is 0 Å². The van der Waals surface area contributed by atoms with Crippen LogP contribution in [0.1, 0.15) is 21.5 Å². The van der Waals surface area contributed by atoms with E-state index in [1.165, 1.54) is 12.1 Å². The molecular weight excluding hydrogens is 304 g/mol. The van der Waals surface area contributed by atoms with Crippen LogP contribution in [0.3, 0.4) is 0 Å². The summed E-state index contributed by atoms with van der Waals surface area (Å²) in [4.78, 5) is 11.1. The van der Waals surface area contributed by atoms with Crippen molar-refractivity contribution < 1.29 is 19.7 Å². The lowest BCUT2D eigenvalue weighted by molar-refractivity contribution is 0.0694. The molecule has 0 aromatic heterocycles. The molecule has 0 saturated heterocycles. The Morgan fingerprint density at radius 3 is 2.25 bits per heavy atom. The second-order valence-electron chi connectivity index (χ2n) is 5.39. The van der Waals surface area contributed by atoms with Crippen LogP contribution < -0.4 is 4.74 Å². The van der Waals surface area contributed by atoms with Crippen LogP contribution in [0, 0.1) is 0 Å². The fourth-order valence-corrected chi connectivity index (χ4v) is 2.49. The van der Waals surface area contributed by atoms with Gasteiger partial charge in [0.15, 0.2) is 0 Å². The average molecular weight is 320 g/mol. The monoisotopic (exact) mass is 320 g/mol. The average Bonchev–Trinajstić information content (AvgIpc) is 2.59. The van der Waals surface area contributed by atoms with E-state index < -0.39 is 5.97 Å². The van der Waals surface area contributed by atoms with Gasteiger partial charge in [0.05, 0.1) is 7.11 Å². The van der Waals surface area contributed by atoms with Gasteiger partial charge in [-0.1, -0.05) is 36.4 Å². The summed E-state index contributed by atoms with van der Waals surface area (Å²) in [5.41, 5.74) is 1.88. The van der Waals surface area contributed by atoms with Gasteiger partial charge in [-0.15, -0.1) is 0 Å². The molecule has 0 radical (unpaired) electrons. The maximum absolute atomic E-state index is 11.1. The molecule has 0 atom stereocenters. The molecule has 3 aromatic rings. The summed E-state index contributed by atoms with van der Waals surface area (Å²) in [5.74, 6) is -0.566. The molecule has 2 N–H and O–H groups in total. The molecule has 0 heterocycles. The highest BCUT2D eigenvalue weighted by atomic mass is 16.5. The molecular formula is C20H16O4. The molecule has 0 amide bonds. The molecule has 0 unspecified atom stereocenters. The van der Waals surface area contributed by atoms with Crippen LogP contribution in [0.4, 0.5) is 0 Å². The number of fused-ring (bicyclic) bond motifs is 1. The highest BCUT2D eigenvalue weighted by Crippen LogP contribution is 2.26. The van der Waals surface area contributed by atoms with Crippen molar-refractivity contribution in [3.05, 3.63) is 71.3 Å². The third-order valence-corrected chi connectivity index (χ3v) is 3.79. The number of aromatic carboxylic acids is 1. The van der Waals surface area contributed by atoms with E-state index in [2.05, 4.69) is 0 Å². The van der Waals surface area contributed by atoms with Gasteiger partial charge in [-0.05, 0) is 52.2 Å². The minimum absolute atomic E-state index is 0.0983. The van der Waals surface area contributed by atoms with Crippen molar-refractivity contribution in [2.45, 2.75) is 0 Å². The number of hydrogen-bond donors (Lipinski definition) is 2. The number of carboxylic acids is 1. The largest absolute Gasteiger partial charge is 0.507 e. The highest BCUT2D eigenvalue weighted by Gasteiger charge is 2.10. The highest BCUT2D eigenvalue weighted by molar-refractivity contribution is 5.98. The van der Waals surface area contributed by atoms with Gasteiger partial charge in [-0.2, -0.15) is 0 Å². The Morgan fingerprint density at radius 2 is 1.58 bits per heavy atom. The molecule has 0 bridgehead atoms. The third kappa shape index (κ3) is 3.22. The van der Waals surface area contributed by atoms with E-state index in [1.54, 1.807) is 7.11 Å². The molecule has 3 aromatic carbocycles. The number of aromatic hydroxyl groups is 1. The van der Waals surface area contributed by atoms with Crippen molar-refractivity contribution in [1.82, 2.24) is 0 Å². The number of phenols is 1. The summed E-state index contributed by atoms with van der Waals surface area (Å²) in [6, 6.07) is 16.3. The molecule has 0 spiro atoms. The summed E-state index contributed by atoms with van der Waals surface area (Å²) in [5, 5.41) is 20.4.